The number of rotatable bonds is 4. The Labute approximate surface area is 107 Å². The summed E-state index contributed by atoms with van der Waals surface area (Å²) < 4.78 is 0. The molecule has 0 saturated carbocycles. The zero-order valence-corrected chi connectivity index (χ0v) is 11.5. The molecule has 1 aliphatic rings. The van der Waals surface area contributed by atoms with Gasteiger partial charge in [0.05, 0.1) is 4.99 Å². The zero-order valence-electron chi connectivity index (χ0n) is 10.7. The van der Waals surface area contributed by atoms with Gasteiger partial charge in [0.15, 0.2) is 0 Å². The molecule has 0 radical (unpaired) electrons. The monoisotopic (exact) mass is 257 g/mol. The molecule has 1 fully saturated rings. The van der Waals surface area contributed by atoms with Crippen LogP contribution in [0.15, 0.2) is 0 Å². The lowest BCUT2D eigenvalue weighted by molar-refractivity contribution is -0.130. The number of carbonyl (C=O) groups excluding carboxylic acids is 2. The number of hydrogen-bond donors (Lipinski definition) is 2. The van der Waals surface area contributed by atoms with Crippen LogP contribution < -0.4 is 11.1 Å². The normalized spacial score (nSPS) is 19.4. The highest BCUT2D eigenvalue weighted by Gasteiger charge is 2.44. The number of thiocarbonyl (C=S) groups is 1. The molecular weight excluding hydrogens is 238 g/mol. The molecule has 96 valence electrons. The van der Waals surface area contributed by atoms with E-state index in [0.717, 1.165) is 0 Å². The van der Waals surface area contributed by atoms with Crippen LogP contribution >= 0.6 is 12.2 Å². The van der Waals surface area contributed by atoms with E-state index in [1.165, 1.54) is 4.90 Å². The molecule has 0 aromatic heterocycles. The maximum atomic E-state index is 11.9. The number of imide groups is 1. The van der Waals surface area contributed by atoms with E-state index < -0.39 is 5.54 Å². The minimum absolute atomic E-state index is 0.207. The lowest BCUT2D eigenvalue weighted by Crippen LogP contribution is -2.41. The second-order valence-electron chi connectivity index (χ2n) is 5.51. The number of nitrogens with zero attached hydrogens (tertiary/aromatic N) is 1. The first-order valence-corrected chi connectivity index (χ1v) is 5.93. The minimum Gasteiger partial charge on any atom is -0.393 e. The topological polar surface area (TPSA) is 75.4 Å². The fourth-order valence-electron chi connectivity index (χ4n) is 1.54. The summed E-state index contributed by atoms with van der Waals surface area (Å²) in [6.07, 6.45) is 0.567. The van der Waals surface area contributed by atoms with Crippen molar-refractivity contribution in [3.63, 3.8) is 0 Å². The van der Waals surface area contributed by atoms with Crippen LogP contribution in [-0.4, -0.2) is 33.9 Å². The summed E-state index contributed by atoms with van der Waals surface area (Å²) >= 11 is 4.95. The van der Waals surface area contributed by atoms with Crippen molar-refractivity contribution in [2.24, 2.45) is 11.1 Å². The number of amides is 3. The predicted octanol–water partition coefficient (Wildman–Crippen LogP) is 1.02. The van der Waals surface area contributed by atoms with Crippen LogP contribution in [0.4, 0.5) is 4.79 Å². The molecule has 17 heavy (non-hydrogen) atoms. The fraction of sp³-hybridized carbons (Fsp3) is 0.727. The van der Waals surface area contributed by atoms with E-state index in [2.05, 4.69) is 5.32 Å². The molecule has 0 spiro atoms. The molecule has 0 aliphatic carbocycles. The van der Waals surface area contributed by atoms with Crippen molar-refractivity contribution in [3.05, 3.63) is 0 Å². The van der Waals surface area contributed by atoms with E-state index in [4.69, 9.17) is 18.0 Å². The molecular formula is C11H19N3O2S. The Morgan fingerprint density at radius 2 is 2.00 bits per heavy atom. The summed E-state index contributed by atoms with van der Waals surface area (Å²) in [6.45, 7) is 7.51. The number of hydrogen-bond acceptors (Lipinski definition) is 3. The summed E-state index contributed by atoms with van der Waals surface area (Å²) in [5.74, 6) is -0.207. The second kappa shape index (κ2) is 4.25. The second-order valence-corrected chi connectivity index (χ2v) is 5.95. The van der Waals surface area contributed by atoms with Gasteiger partial charge in [-0.05, 0) is 20.3 Å². The van der Waals surface area contributed by atoms with Crippen molar-refractivity contribution in [2.45, 2.75) is 39.7 Å². The Morgan fingerprint density at radius 3 is 2.35 bits per heavy atom. The van der Waals surface area contributed by atoms with E-state index >= 15 is 0 Å². The number of nitrogens with two attached hydrogens (primary N) is 1. The summed E-state index contributed by atoms with van der Waals surface area (Å²) in [6, 6.07) is -0.348. The molecule has 1 aliphatic heterocycles. The average molecular weight is 257 g/mol. The van der Waals surface area contributed by atoms with Gasteiger partial charge in [-0.15, -0.1) is 0 Å². The lowest BCUT2D eigenvalue weighted by Gasteiger charge is -2.25. The van der Waals surface area contributed by atoms with Crippen LogP contribution in [0.25, 0.3) is 0 Å². The van der Waals surface area contributed by atoms with Crippen LogP contribution in [0.1, 0.15) is 34.1 Å². The molecule has 0 aromatic rings. The van der Waals surface area contributed by atoms with Gasteiger partial charge < -0.3 is 11.1 Å². The minimum atomic E-state index is -0.815. The van der Waals surface area contributed by atoms with Gasteiger partial charge in [-0.1, -0.05) is 26.1 Å². The summed E-state index contributed by atoms with van der Waals surface area (Å²) in [5, 5.41) is 2.63. The van der Waals surface area contributed by atoms with Crippen molar-refractivity contribution in [1.29, 1.82) is 0 Å². The highest BCUT2D eigenvalue weighted by Crippen LogP contribution is 2.24. The maximum absolute atomic E-state index is 11.9. The third kappa shape index (κ3) is 2.74. The van der Waals surface area contributed by atoms with Gasteiger partial charge >= 0.3 is 6.03 Å². The Hall–Kier alpha value is -1.17. The van der Waals surface area contributed by atoms with Gasteiger partial charge in [0.1, 0.15) is 5.54 Å². The molecule has 0 aromatic carbocycles. The van der Waals surface area contributed by atoms with E-state index in [-0.39, 0.29) is 17.4 Å². The van der Waals surface area contributed by atoms with Gasteiger partial charge in [0.2, 0.25) is 0 Å². The van der Waals surface area contributed by atoms with Gasteiger partial charge in [0.25, 0.3) is 5.91 Å². The standard InChI is InChI=1S/C11H19N3O2S/c1-10(2,7(12)17)5-6-14-8(15)11(3,4)13-9(14)16/h5-6H2,1-4H3,(H2,12,17)(H,13,16). The molecule has 3 amide bonds. The van der Waals surface area contributed by atoms with Gasteiger partial charge in [-0.3, -0.25) is 9.69 Å². The first-order valence-electron chi connectivity index (χ1n) is 5.52. The van der Waals surface area contributed by atoms with Gasteiger partial charge in [-0.25, -0.2) is 4.79 Å². The molecule has 6 heteroatoms. The van der Waals surface area contributed by atoms with Crippen molar-refractivity contribution < 1.29 is 9.59 Å². The first-order chi connectivity index (χ1) is 7.58. The Balaban J connectivity index is 2.69. The smallest absolute Gasteiger partial charge is 0.325 e. The van der Waals surface area contributed by atoms with Crippen LogP contribution in [0.3, 0.4) is 0 Å². The number of urea groups is 1. The predicted molar refractivity (Wildman–Crippen MR) is 69.5 cm³/mol. The molecule has 0 bridgehead atoms. The van der Waals surface area contributed by atoms with E-state index in [9.17, 15) is 9.59 Å². The molecule has 5 nitrogen and oxygen atoms in total. The summed E-state index contributed by atoms with van der Waals surface area (Å²) in [7, 11) is 0. The highest BCUT2D eigenvalue weighted by atomic mass is 32.1. The third-order valence-electron chi connectivity index (χ3n) is 3.07. The molecule has 1 heterocycles. The van der Waals surface area contributed by atoms with Crippen molar-refractivity contribution >= 4 is 29.1 Å². The Bertz CT molecular complexity index is 377. The largest absolute Gasteiger partial charge is 0.393 e. The Kier molecular flexibility index (Phi) is 3.47. The molecule has 1 saturated heterocycles. The Morgan fingerprint density at radius 1 is 1.47 bits per heavy atom. The van der Waals surface area contributed by atoms with Gasteiger partial charge in [-0.2, -0.15) is 0 Å². The summed E-state index contributed by atoms with van der Waals surface area (Å²) in [4.78, 5) is 25.1. The quantitative estimate of drug-likeness (QED) is 0.582. The van der Waals surface area contributed by atoms with Crippen LogP contribution in [0.2, 0.25) is 0 Å². The zero-order chi connectivity index (χ0) is 13.4. The van der Waals surface area contributed by atoms with Gasteiger partial charge in [0, 0.05) is 12.0 Å². The van der Waals surface area contributed by atoms with E-state index in [0.29, 0.717) is 18.0 Å². The van der Waals surface area contributed by atoms with Crippen LogP contribution in [-0.2, 0) is 4.79 Å². The molecule has 1 rings (SSSR count). The van der Waals surface area contributed by atoms with Crippen LogP contribution in [0, 0.1) is 5.41 Å². The fourth-order valence-corrected chi connectivity index (χ4v) is 1.64. The van der Waals surface area contributed by atoms with E-state index in [1.54, 1.807) is 13.8 Å². The average Bonchev–Trinajstić information content (AvgIpc) is 2.34. The highest BCUT2D eigenvalue weighted by molar-refractivity contribution is 7.80. The van der Waals surface area contributed by atoms with Crippen molar-refractivity contribution in [1.82, 2.24) is 10.2 Å². The molecule has 0 atom stereocenters. The first kappa shape index (κ1) is 13.9. The van der Waals surface area contributed by atoms with Crippen LogP contribution in [0.5, 0.6) is 0 Å². The SMILES string of the molecule is CC(C)(CCN1C(=O)NC(C)(C)C1=O)C(N)=S. The number of carbonyl (C=O) groups is 2. The molecule has 3 N–H and O–H groups in total. The van der Waals surface area contributed by atoms with Crippen molar-refractivity contribution in [2.75, 3.05) is 6.54 Å². The molecule has 0 unspecified atom stereocenters. The lowest BCUT2D eigenvalue weighted by atomic mass is 9.89. The number of nitrogens with one attached hydrogen (secondary N) is 1. The third-order valence-corrected chi connectivity index (χ3v) is 3.62. The van der Waals surface area contributed by atoms with Crippen molar-refractivity contribution in [3.8, 4) is 0 Å². The van der Waals surface area contributed by atoms with E-state index in [1.807, 2.05) is 13.8 Å². The maximum Gasteiger partial charge on any atom is 0.325 e. The summed E-state index contributed by atoms with van der Waals surface area (Å²) in [5.41, 5.74) is 4.43.